The Hall–Kier alpha value is -3.40. The summed E-state index contributed by atoms with van der Waals surface area (Å²) in [5.74, 6) is -1.82. The fourth-order valence-electron chi connectivity index (χ4n) is 3.84. The Bertz CT molecular complexity index is 1370. The molecule has 0 saturated heterocycles. The minimum absolute atomic E-state index is 0.209. The van der Waals surface area contributed by atoms with Crippen molar-refractivity contribution in [3.8, 4) is 5.75 Å². The molecule has 3 aromatic rings. The van der Waals surface area contributed by atoms with Gasteiger partial charge in [-0.25, -0.2) is 10.2 Å². The molecule has 0 radical (unpaired) electrons. The van der Waals surface area contributed by atoms with Crippen LogP contribution in [0, 0.1) is 0 Å². The minimum Gasteiger partial charge on any atom is -0.489 e. The van der Waals surface area contributed by atoms with E-state index < -0.39 is 17.8 Å². The molecule has 4 rings (SSSR count). The van der Waals surface area contributed by atoms with Crippen molar-refractivity contribution in [1.29, 1.82) is 0 Å². The van der Waals surface area contributed by atoms with Crippen LogP contribution in [0.1, 0.15) is 45.3 Å². The maximum absolute atomic E-state index is 12.5. The first-order valence-corrected chi connectivity index (χ1v) is 12.9. The largest absolute Gasteiger partial charge is 0.489 e. The third-order valence-corrected chi connectivity index (χ3v) is 7.70. The summed E-state index contributed by atoms with van der Waals surface area (Å²) < 4.78 is 10.6. The van der Waals surface area contributed by atoms with Gasteiger partial charge in [-0.3, -0.25) is 9.59 Å². The molecular weight excluding hydrogens is 537 g/mol. The van der Waals surface area contributed by atoms with E-state index in [2.05, 4.69) is 15.8 Å². The maximum atomic E-state index is 12.5. The van der Waals surface area contributed by atoms with Gasteiger partial charge in [0.15, 0.2) is 0 Å². The Morgan fingerprint density at radius 1 is 1.03 bits per heavy atom. The number of anilines is 1. The summed E-state index contributed by atoms with van der Waals surface area (Å²) >= 11 is 13.6. The van der Waals surface area contributed by atoms with E-state index in [1.807, 2.05) is 0 Å². The molecule has 1 aromatic heterocycles. The molecule has 2 amide bonds. The molecule has 0 fully saturated rings. The van der Waals surface area contributed by atoms with Crippen molar-refractivity contribution in [2.75, 3.05) is 12.4 Å². The summed E-state index contributed by atoms with van der Waals surface area (Å²) in [5, 5.41) is 7.90. The fourth-order valence-corrected chi connectivity index (χ4v) is 5.62. The van der Waals surface area contributed by atoms with Gasteiger partial charge >= 0.3 is 17.8 Å². The molecule has 0 atom stereocenters. The zero-order chi connectivity index (χ0) is 26.5. The number of esters is 1. The van der Waals surface area contributed by atoms with Crippen LogP contribution in [0.4, 0.5) is 5.00 Å². The zero-order valence-electron chi connectivity index (χ0n) is 20.0. The highest BCUT2D eigenvalue weighted by Crippen LogP contribution is 2.39. The zero-order valence-corrected chi connectivity index (χ0v) is 22.4. The number of thiophene rings is 1. The number of nitrogens with one attached hydrogen (secondary N) is 2. The minimum atomic E-state index is -0.958. The predicted molar refractivity (Wildman–Crippen MR) is 144 cm³/mol. The molecule has 0 spiro atoms. The highest BCUT2D eigenvalue weighted by molar-refractivity contribution is 7.17. The third-order valence-electron chi connectivity index (χ3n) is 5.79. The number of hydrogen-bond donors (Lipinski definition) is 2. The van der Waals surface area contributed by atoms with E-state index in [0.29, 0.717) is 43.2 Å². The number of aryl methyl sites for hydroxylation is 1. The molecule has 8 nitrogen and oxygen atoms in total. The van der Waals surface area contributed by atoms with E-state index in [-0.39, 0.29) is 6.61 Å². The van der Waals surface area contributed by atoms with Crippen molar-refractivity contribution in [1.82, 2.24) is 5.43 Å². The molecule has 0 bridgehead atoms. The highest BCUT2D eigenvalue weighted by atomic mass is 35.5. The Morgan fingerprint density at radius 3 is 2.41 bits per heavy atom. The number of ether oxygens (including phenoxy) is 2. The summed E-state index contributed by atoms with van der Waals surface area (Å²) in [4.78, 5) is 38.1. The Balaban J connectivity index is 1.35. The second kappa shape index (κ2) is 11.8. The molecule has 11 heteroatoms. The van der Waals surface area contributed by atoms with E-state index >= 15 is 0 Å². The van der Waals surface area contributed by atoms with Crippen LogP contribution >= 0.6 is 34.5 Å². The average molecular weight is 560 g/mol. The number of carbonyl (C=O) groups excluding carboxylic acids is 3. The molecule has 1 aliphatic carbocycles. The lowest BCUT2D eigenvalue weighted by atomic mass is 10.1. The number of amides is 2. The molecule has 37 heavy (non-hydrogen) atoms. The maximum Gasteiger partial charge on any atom is 0.341 e. The Labute approximate surface area is 227 Å². The number of halogens is 2. The van der Waals surface area contributed by atoms with Gasteiger partial charge in [-0.2, -0.15) is 5.10 Å². The van der Waals surface area contributed by atoms with Gasteiger partial charge in [-0.05, 0) is 73.7 Å². The number of nitrogens with zero attached hydrogens (tertiary/aromatic N) is 1. The van der Waals surface area contributed by atoms with Gasteiger partial charge in [-0.15, -0.1) is 11.3 Å². The van der Waals surface area contributed by atoms with E-state index in [0.717, 1.165) is 29.7 Å². The number of benzene rings is 2. The first-order chi connectivity index (χ1) is 17.8. The van der Waals surface area contributed by atoms with Crippen molar-refractivity contribution in [3.05, 3.63) is 79.6 Å². The number of rotatable bonds is 7. The molecule has 0 saturated carbocycles. The lowest BCUT2D eigenvalue weighted by molar-refractivity contribution is -0.136. The van der Waals surface area contributed by atoms with Crippen LogP contribution in [-0.2, 0) is 33.8 Å². The number of hydrazone groups is 1. The first kappa shape index (κ1) is 26.7. The fraction of sp³-hybridized carbons (Fsp3) is 0.231. The van der Waals surface area contributed by atoms with Crippen LogP contribution in [0.15, 0.2) is 47.6 Å². The van der Waals surface area contributed by atoms with E-state index in [4.69, 9.17) is 32.7 Å². The van der Waals surface area contributed by atoms with Crippen molar-refractivity contribution in [2.24, 2.45) is 5.10 Å². The molecule has 192 valence electrons. The molecule has 0 unspecified atom stereocenters. The Kier molecular flexibility index (Phi) is 8.48. The topological polar surface area (TPSA) is 106 Å². The standard InChI is InChI=1S/C26H23Cl2N3O5S/c1-14(15-9-11-16(12-10-15)36-13-18-19(27)6-4-7-20(18)28)30-31-24(33)23(32)29-25-22(26(34)35-2)17-5-3-8-21(17)37-25/h4,6-7,9-12H,3,5,8,13H2,1-2H3,(H,29,32)(H,31,33)/b30-14+. The van der Waals surface area contributed by atoms with Crippen molar-refractivity contribution in [2.45, 2.75) is 32.8 Å². The lowest BCUT2D eigenvalue weighted by Crippen LogP contribution is -2.33. The predicted octanol–water partition coefficient (Wildman–Crippen LogP) is 5.39. The number of hydrogen-bond acceptors (Lipinski definition) is 7. The molecule has 2 N–H and O–H groups in total. The van der Waals surface area contributed by atoms with Crippen LogP contribution in [0.5, 0.6) is 5.75 Å². The van der Waals surface area contributed by atoms with Crippen molar-refractivity contribution >= 4 is 63.0 Å². The second-order valence-corrected chi connectivity index (χ2v) is 10.1. The molecule has 1 heterocycles. The quantitative estimate of drug-likeness (QED) is 0.175. The van der Waals surface area contributed by atoms with Crippen molar-refractivity contribution in [3.63, 3.8) is 0 Å². The number of fused-ring (bicyclic) bond motifs is 1. The Morgan fingerprint density at radius 2 is 1.73 bits per heavy atom. The molecule has 1 aliphatic rings. The van der Waals surface area contributed by atoms with Gasteiger partial charge in [0.1, 0.15) is 17.4 Å². The van der Waals surface area contributed by atoms with E-state index in [1.54, 1.807) is 49.4 Å². The summed E-state index contributed by atoms with van der Waals surface area (Å²) in [7, 11) is 1.28. The number of methoxy groups -OCH3 is 1. The summed E-state index contributed by atoms with van der Waals surface area (Å²) in [6.07, 6.45) is 2.50. The average Bonchev–Trinajstić information content (AvgIpc) is 3.47. The number of carbonyl (C=O) groups is 3. The van der Waals surface area contributed by atoms with Crippen LogP contribution in [0.3, 0.4) is 0 Å². The smallest absolute Gasteiger partial charge is 0.341 e. The first-order valence-electron chi connectivity index (χ1n) is 11.3. The van der Waals surface area contributed by atoms with Gasteiger partial charge in [0.2, 0.25) is 0 Å². The second-order valence-electron chi connectivity index (χ2n) is 8.16. The van der Waals surface area contributed by atoms with E-state index in [9.17, 15) is 14.4 Å². The van der Waals surface area contributed by atoms with Crippen LogP contribution in [0.25, 0.3) is 0 Å². The molecular formula is C26H23Cl2N3O5S. The van der Waals surface area contributed by atoms with Gasteiger partial charge < -0.3 is 14.8 Å². The van der Waals surface area contributed by atoms with Gasteiger partial charge in [0.05, 0.1) is 18.4 Å². The van der Waals surface area contributed by atoms with Crippen LogP contribution in [-0.4, -0.2) is 30.6 Å². The molecule has 2 aromatic carbocycles. The highest BCUT2D eigenvalue weighted by Gasteiger charge is 2.29. The normalized spacial score (nSPS) is 12.6. The van der Waals surface area contributed by atoms with Gasteiger partial charge in [0, 0.05) is 20.5 Å². The van der Waals surface area contributed by atoms with E-state index in [1.165, 1.54) is 18.4 Å². The summed E-state index contributed by atoms with van der Waals surface area (Å²) in [6.45, 7) is 1.90. The lowest BCUT2D eigenvalue weighted by Gasteiger charge is -2.10. The SMILES string of the molecule is COC(=O)c1c(NC(=O)C(=O)N/N=C(\C)c2ccc(OCc3c(Cl)cccc3Cl)cc2)sc2c1CCC2. The van der Waals surface area contributed by atoms with Gasteiger partial charge in [-0.1, -0.05) is 29.3 Å². The molecule has 0 aliphatic heterocycles. The van der Waals surface area contributed by atoms with Gasteiger partial charge in [0.25, 0.3) is 0 Å². The van der Waals surface area contributed by atoms with Crippen molar-refractivity contribution < 1.29 is 23.9 Å². The summed E-state index contributed by atoms with van der Waals surface area (Å²) in [6, 6.07) is 12.3. The summed E-state index contributed by atoms with van der Waals surface area (Å²) in [5.41, 5.74) is 5.34. The third kappa shape index (κ3) is 6.12. The monoisotopic (exact) mass is 559 g/mol. The van der Waals surface area contributed by atoms with Crippen LogP contribution in [0.2, 0.25) is 10.0 Å². The van der Waals surface area contributed by atoms with Crippen LogP contribution < -0.4 is 15.5 Å².